The Bertz CT molecular complexity index is 752. The summed E-state index contributed by atoms with van der Waals surface area (Å²) in [5.41, 5.74) is 0.479. The van der Waals surface area contributed by atoms with Crippen LogP contribution in [0.2, 0.25) is 0 Å². The van der Waals surface area contributed by atoms with Crippen molar-refractivity contribution in [3.8, 4) is 0 Å². The molecule has 0 unspecified atom stereocenters. The number of carbonyl (C=O) groups excluding carboxylic acids is 1. The predicted molar refractivity (Wildman–Crippen MR) is 67.7 cm³/mol. The summed E-state index contributed by atoms with van der Waals surface area (Å²) in [4.78, 5) is 12.1. The fourth-order valence-corrected chi connectivity index (χ4v) is 1.94. The van der Waals surface area contributed by atoms with Gasteiger partial charge < -0.3 is 8.83 Å². The average molecular weight is 258 g/mol. The molecule has 0 N–H and O–H groups in total. The summed E-state index contributed by atoms with van der Waals surface area (Å²) in [5, 5.41) is 0.561. The maximum Gasteiger partial charge on any atom is 0.263 e. The molecule has 96 valence electrons. The lowest BCUT2D eigenvalue weighted by Gasteiger charge is -1.92. The molecule has 1 aromatic carbocycles. The van der Waals surface area contributed by atoms with Crippen LogP contribution in [0.1, 0.15) is 29.0 Å². The standard InChI is InChI=1S/C15H11FO3/c1-2-11-4-6-13(18-11)15(17)14-8-9-7-10(16)3-5-12(9)19-14/h3-8H,2H2,1H3. The van der Waals surface area contributed by atoms with E-state index < -0.39 is 0 Å². The molecule has 2 aromatic heterocycles. The summed E-state index contributed by atoms with van der Waals surface area (Å²) in [6.07, 6.45) is 0.721. The topological polar surface area (TPSA) is 43.4 Å². The van der Waals surface area contributed by atoms with Crippen molar-refractivity contribution in [3.63, 3.8) is 0 Å². The molecular weight excluding hydrogens is 247 g/mol. The third-order valence-corrected chi connectivity index (χ3v) is 2.94. The summed E-state index contributed by atoms with van der Waals surface area (Å²) in [6, 6.07) is 9.03. The van der Waals surface area contributed by atoms with Gasteiger partial charge in [-0.25, -0.2) is 4.39 Å². The maximum atomic E-state index is 13.1. The number of rotatable bonds is 3. The van der Waals surface area contributed by atoms with Crippen LogP contribution in [0.3, 0.4) is 0 Å². The molecule has 3 aromatic rings. The van der Waals surface area contributed by atoms with Crippen LogP contribution in [0.5, 0.6) is 0 Å². The number of halogens is 1. The van der Waals surface area contributed by atoms with Crippen molar-refractivity contribution >= 4 is 16.8 Å². The molecule has 0 saturated heterocycles. The van der Waals surface area contributed by atoms with Gasteiger partial charge in [-0.3, -0.25) is 4.79 Å². The highest BCUT2D eigenvalue weighted by molar-refractivity contribution is 6.07. The molecule has 4 heteroatoms. The third kappa shape index (κ3) is 2.05. The van der Waals surface area contributed by atoms with Gasteiger partial charge in [0.2, 0.25) is 0 Å². The van der Waals surface area contributed by atoms with Crippen molar-refractivity contribution in [1.29, 1.82) is 0 Å². The lowest BCUT2D eigenvalue weighted by atomic mass is 10.2. The minimum absolute atomic E-state index is 0.151. The highest BCUT2D eigenvalue weighted by Crippen LogP contribution is 2.23. The third-order valence-electron chi connectivity index (χ3n) is 2.94. The SMILES string of the molecule is CCc1ccc(C(=O)c2cc3cc(F)ccc3o2)o1. The lowest BCUT2D eigenvalue weighted by molar-refractivity contribution is 0.0983. The minimum atomic E-state index is -0.362. The first-order chi connectivity index (χ1) is 9.17. The van der Waals surface area contributed by atoms with E-state index in [9.17, 15) is 9.18 Å². The van der Waals surface area contributed by atoms with E-state index in [1.165, 1.54) is 24.3 Å². The van der Waals surface area contributed by atoms with Crippen molar-refractivity contribution < 1.29 is 18.0 Å². The van der Waals surface area contributed by atoms with Gasteiger partial charge >= 0.3 is 0 Å². The predicted octanol–water partition coefficient (Wildman–Crippen LogP) is 3.96. The summed E-state index contributed by atoms with van der Waals surface area (Å²) in [5.74, 6) is 0.425. The first kappa shape index (κ1) is 11.7. The highest BCUT2D eigenvalue weighted by atomic mass is 19.1. The number of aryl methyl sites for hydroxylation is 1. The van der Waals surface area contributed by atoms with Crippen LogP contribution < -0.4 is 0 Å². The molecular formula is C15H11FO3. The van der Waals surface area contributed by atoms with Crippen LogP contribution in [0.4, 0.5) is 4.39 Å². The zero-order valence-electron chi connectivity index (χ0n) is 10.3. The van der Waals surface area contributed by atoms with Crippen molar-refractivity contribution in [3.05, 3.63) is 59.5 Å². The average Bonchev–Trinajstić information content (AvgIpc) is 3.03. The highest BCUT2D eigenvalue weighted by Gasteiger charge is 2.18. The first-order valence-electron chi connectivity index (χ1n) is 6.00. The van der Waals surface area contributed by atoms with Gasteiger partial charge in [0.05, 0.1) is 0 Å². The van der Waals surface area contributed by atoms with Gasteiger partial charge in [-0.15, -0.1) is 0 Å². The Morgan fingerprint density at radius 1 is 1.11 bits per heavy atom. The van der Waals surface area contributed by atoms with Gasteiger partial charge in [0.25, 0.3) is 5.78 Å². The molecule has 3 rings (SSSR count). The normalized spacial score (nSPS) is 11.1. The van der Waals surface area contributed by atoms with Gasteiger partial charge in [-0.2, -0.15) is 0 Å². The van der Waals surface area contributed by atoms with Crippen molar-refractivity contribution in [2.45, 2.75) is 13.3 Å². The van der Waals surface area contributed by atoms with Gasteiger partial charge in [-0.05, 0) is 36.4 Å². The molecule has 0 bridgehead atoms. The van der Waals surface area contributed by atoms with E-state index in [-0.39, 0.29) is 23.1 Å². The Kier molecular flexibility index (Phi) is 2.71. The summed E-state index contributed by atoms with van der Waals surface area (Å²) in [6.45, 7) is 1.94. The summed E-state index contributed by atoms with van der Waals surface area (Å²) >= 11 is 0. The van der Waals surface area contributed by atoms with E-state index >= 15 is 0 Å². The molecule has 0 fully saturated rings. The van der Waals surface area contributed by atoms with Crippen LogP contribution >= 0.6 is 0 Å². The second kappa shape index (κ2) is 4.39. The van der Waals surface area contributed by atoms with E-state index in [0.29, 0.717) is 11.0 Å². The quantitative estimate of drug-likeness (QED) is 0.668. The van der Waals surface area contributed by atoms with Crippen molar-refractivity contribution in [2.24, 2.45) is 0 Å². The maximum absolute atomic E-state index is 13.1. The molecule has 0 amide bonds. The Hall–Kier alpha value is -2.36. The molecule has 0 spiro atoms. The van der Waals surface area contributed by atoms with E-state index in [1.807, 2.05) is 6.92 Å². The minimum Gasteiger partial charge on any atom is -0.457 e. The number of furan rings is 2. The van der Waals surface area contributed by atoms with Crippen molar-refractivity contribution in [2.75, 3.05) is 0 Å². The van der Waals surface area contributed by atoms with E-state index in [2.05, 4.69) is 0 Å². The Morgan fingerprint density at radius 2 is 1.95 bits per heavy atom. The van der Waals surface area contributed by atoms with Crippen LogP contribution in [0.25, 0.3) is 11.0 Å². The second-order valence-electron chi connectivity index (χ2n) is 4.24. The zero-order valence-corrected chi connectivity index (χ0v) is 10.3. The number of hydrogen-bond acceptors (Lipinski definition) is 3. The van der Waals surface area contributed by atoms with Crippen LogP contribution in [0.15, 0.2) is 45.2 Å². The molecule has 19 heavy (non-hydrogen) atoms. The Morgan fingerprint density at radius 3 is 2.68 bits per heavy atom. The molecule has 0 saturated carbocycles. The summed E-state index contributed by atoms with van der Waals surface area (Å²) < 4.78 is 23.9. The van der Waals surface area contributed by atoms with Gasteiger partial charge in [0.15, 0.2) is 11.5 Å². The van der Waals surface area contributed by atoms with Crippen LogP contribution in [-0.2, 0) is 6.42 Å². The number of fused-ring (bicyclic) bond motifs is 1. The fraction of sp³-hybridized carbons (Fsp3) is 0.133. The van der Waals surface area contributed by atoms with Crippen LogP contribution in [-0.4, -0.2) is 5.78 Å². The smallest absolute Gasteiger partial charge is 0.263 e. The number of benzene rings is 1. The number of hydrogen-bond donors (Lipinski definition) is 0. The Labute approximate surface area is 108 Å². The molecule has 0 aliphatic rings. The lowest BCUT2D eigenvalue weighted by Crippen LogP contribution is -1.96. The monoisotopic (exact) mass is 258 g/mol. The fourth-order valence-electron chi connectivity index (χ4n) is 1.94. The molecule has 2 heterocycles. The van der Waals surface area contributed by atoms with Crippen LogP contribution in [0, 0.1) is 5.82 Å². The number of carbonyl (C=O) groups is 1. The van der Waals surface area contributed by atoms with Crippen molar-refractivity contribution in [1.82, 2.24) is 0 Å². The summed E-state index contributed by atoms with van der Waals surface area (Å²) in [7, 11) is 0. The van der Waals surface area contributed by atoms with E-state index in [0.717, 1.165) is 12.2 Å². The number of ketones is 1. The largest absolute Gasteiger partial charge is 0.457 e. The zero-order chi connectivity index (χ0) is 13.4. The molecule has 0 radical (unpaired) electrons. The molecule has 0 aliphatic heterocycles. The molecule has 0 aliphatic carbocycles. The van der Waals surface area contributed by atoms with E-state index in [1.54, 1.807) is 12.1 Å². The van der Waals surface area contributed by atoms with Gasteiger partial charge in [-0.1, -0.05) is 6.92 Å². The molecule has 3 nitrogen and oxygen atoms in total. The first-order valence-corrected chi connectivity index (χ1v) is 6.00. The van der Waals surface area contributed by atoms with Gasteiger partial charge in [0, 0.05) is 11.8 Å². The van der Waals surface area contributed by atoms with Gasteiger partial charge in [0.1, 0.15) is 17.2 Å². The molecule has 0 atom stereocenters. The Balaban J connectivity index is 2.01. The second-order valence-corrected chi connectivity index (χ2v) is 4.24. The van der Waals surface area contributed by atoms with E-state index in [4.69, 9.17) is 8.83 Å².